The van der Waals surface area contributed by atoms with Gasteiger partial charge in [-0.05, 0) is 61.2 Å². The largest absolute Gasteiger partial charge is 0.458 e. The van der Waals surface area contributed by atoms with Gasteiger partial charge in [0.2, 0.25) is 17.6 Å². The molecule has 2 aliphatic carbocycles. The third-order valence-corrected chi connectivity index (χ3v) is 9.63. The summed E-state index contributed by atoms with van der Waals surface area (Å²) in [6, 6.07) is -4.69. The van der Waals surface area contributed by atoms with E-state index in [4.69, 9.17) is 10.5 Å². The fourth-order valence-corrected chi connectivity index (χ4v) is 6.61. The number of hydrogen-bond acceptors (Lipinski definition) is 7. The maximum absolute atomic E-state index is 14.3. The van der Waals surface area contributed by atoms with Crippen LogP contribution in [-0.4, -0.2) is 76.7 Å². The number of fused-ring (bicyclic) bond motifs is 1. The number of nitrogens with zero attached hydrogens (tertiary/aromatic N) is 1. The summed E-state index contributed by atoms with van der Waals surface area (Å²) in [5, 5.41) is 8.28. The van der Waals surface area contributed by atoms with Gasteiger partial charge in [0, 0.05) is 6.54 Å². The zero-order valence-corrected chi connectivity index (χ0v) is 29.0. The van der Waals surface area contributed by atoms with Gasteiger partial charge in [-0.3, -0.25) is 19.2 Å². The molecule has 0 aromatic heterocycles. The van der Waals surface area contributed by atoms with Crippen LogP contribution in [0, 0.1) is 34.0 Å². The van der Waals surface area contributed by atoms with E-state index in [-0.39, 0.29) is 23.2 Å². The fourth-order valence-electron chi connectivity index (χ4n) is 6.61. The number of carbonyl (C=O) groups excluding carboxylic acids is 6. The second-order valence-electron chi connectivity index (χ2n) is 16.6. The number of Topliss-reactive ketones (excluding diaryl/α,β-unsaturated/α-hetero) is 1. The average Bonchev–Trinajstić information content (AvgIpc) is 3.75. The van der Waals surface area contributed by atoms with E-state index in [0.29, 0.717) is 13.0 Å². The number of hydrogen-bond donors (Lipinski definition) is 4. The maximum Gasteiger partial charge on any atom is 0.329 e. The molecule has 3 fully saturated rings. The van der Waals surface area contributed by atoms with E-state index in [1.165, 1.54) is 4.90 Å². The van der Waals surface area contributed by atoms with Crippen molar-refractivity contribution in [3.8, 4) is 0 Å². The number of ketones is 1. The Kier molecular flexibility index (Phi) is 10.1. The number of piperidine rings is 1. The van der Waals surface area contributed by atoms with E-state index >= 15 is 0 Å². The highest BCUT2D eigenvalue weighted by atomic mass is 16.6. The molecule has 45 heavy (non-hydrogen) atoms. The zero-order chi connectivity index (χ0) is 34.4. The fraction of sp³-hybridized carbons (Fsp3) is 0.818. The van der Waals surface area contributed by atoms with E-state index in [9.17, 15) is 28.8 Å². The van der Waals surface area contributed by atoms with Crippen LogP contribution in [0.2, 0.25) is 0 Å². The van der Waals surface area contributed by atoms with Gasteiger partial charge in [0.05, 0.1) is 6.04 Å². The van der Waals surface area contributed by atoms with Crippen LogP contribution >= 0.6 is 0 Å². The minimum atomic E-state index is -1.11. The lowest BCUT2D eigenvalue weighted by Gasteiger charge is -2.39. The van der Waals surface area contributed by atoms with Crippen molar-refractivity contribution in [2.24, 2.45) is 39.7 Å². The number of urea groups is 1. The predicted molar refractivity (Wildman–Crippen MR) is 168 cm³/mol. The molecule has 2 saturated carbocycles. The first-order valence-corrected chi connectivity index (χ1v) is 16.2. The first kappa shape index (κ1) is 36.3. The standard InChI is InChI=1S/C33H55N5O7/c1-12-33(11)18-16-38(21(20(18)33)26(41)35-19(15-17-13-14-17)22(39)25(34)40)27(42)23(30(2,3)4)36-29(44)37-24(31(5,6)7)28(43)45-32(8,9)10/h17-21,23-24H,12-16H2,1-11H3,(H2,34,40)(H,35,41)(H2,36,37,44)/t18-,19?,20-,21-,23+,24+,33?/m0/s1. The molecule has 2 unspecified atom stereocenters. The maximum atomic E-state index is 14.3. The summed E-state index contributed by atoms with van der Waals surface area (Å²) in [4.78, 5) is 80.6. The molecule has 5 N–H and O–H groups in total. The van der Waals surface area contributed by atoms with E-state index < -0.39 is 76.1 Å². The lowest BCUT2D eigenvalue weighted by atomic mass is 9.84. The van der Waals surface area contributed by atoms with Gasteiger partial charge in [0.1, 0.15) is 23.7 Å². The van der Waals surface area contributed by atoms with Gasteiger partial charge in [0.25, 0.3) is 5.91 Å². The molecule has 0 spiro atoms. The van der Waals surface area contributed by atoms with Crippen molar-refractivity contribution in [1.82, 2.24) is 20.9 Å². The number of nitrogens with one attached hydrogen (secondary N) is 3. The smallest absolute Gasteiger partial charge is 0.329 e. The number of carbonyl (C=O) groups is 6. The van der Waals surface area contributed by atoms with Gasteiger partial charge in [-0.1, -0.05) is 74.7 Å². The van der Waals surface area contributed by atoms with Crippen molar-refractivity contribution in [1.29, 1.82) is 0 Å². The topological polar surface area (TPSA) is 177 Å². The van der Waals surface area contributed by atoms with E-state index in [0.717, 1.165) is 19.3 Å². The molecular formula is C33H55N5O7. The van der Waals surface area contributed by atoms with Crippen LogP contribution in [0.5, 0.6) is 0 Å². The van der Waals surface area contributed by atoms with Gasteiger partial charge >= 0.3 is 12.0 Å². The monoisotopic (exact) mass is 633 g/mol. The molecule has 12 nitrogen and oxygen atoms in total. The Morgan fingerprint density at radius 1 is 0.889 bits per heavy atom. The third-order valence-electron chi connectivity index (χ3n) is 9.63. The molecule has 12 heteroatoms. The quantitative estimate of drug-likeness (QED) is 0.200. The third kappa shape index (κ3) is 8.35. The van der Waals surface area contributed by atoms with Crippen molar-refractivity contribution in [2.75, 3.05) is 6.54 Å². The molecule has 0 aromatic carbocycles. The lowest BCUT2D eigenvalue weighted by molar-refractivity contribution is -0.160. The van der Waals surface area contributed by atoms with Gasteiger partial charge in [-0.2, -0.15) is 0 Å². The molecule has 1 heterocycles. The Balaban J connectivity index is 1.86. The first-order valence-electron chi connectivity index (χ1n) is 16.2. The summed E-state index contributed by atoms with van der Waals surface area (Å²) >= 11 is 0. The van der Waals surface area contributed by atoms with Gasteiger partial charge < -0.3 is 31.3 Å². The van der Waals surface area contributed by atoms with Crippen LogP contribution < -0.4 is 21.7 Å². The number of esters is 1. The SMILES string of the molecule is CCC1(C)[C@@H]2[C@@H](C(=O)NC(CC3CC3)C(=O)C(N)=O)N(C(=O)[C@@H](NC(=O)N[C@H](C(=O)OC(C)(C)C)C(C)(C)C)C(C)(C)C)C[C@@H]21. The van der Waals surface area contributed by atoms with E-state index in [1.807, 2.05) is 27.7 Å². The lowest BCUT2D eigenvalue weighted by Crippen LogP contribution is -2.63. The van der Waals surface area contributed by atoms with Gasteiger partial charge in [-0.15, -0.1) is 0 Å². The molecular weight excluding hydrogens is 578 g/mol. The Labute approximate surface area is 267 Å². The minimum Gasteiger partial charge on any atom is -0.458 e. The molecule has 3 aliphatic rings. The average molecular weight is 634 g/mol. The van der Waals surface area contributed by atoms with Crippen molar-refractivity contribution in [3.05, 3.63) is 0 Å². The van der Waals surface area contributed by atoms with Gasteiger partial charge in [0.15, 0.2) is 0 Å². The minimum absolute atomic E-state index is 0.0720. The van der Waals surface area contributed by atoms with Crippen molar-refractivity contribution in [3.63, 3.8) is 0 Å². The molecule has 1 aliphatic heterocycles. The second kappa shape index (κ2) is 12.5. The zero-order valence-electron chi connectivity index (χ0n) is 29.0. The molecule has 7 atom stereocenters. The van der Waals surface area contributed by atoms with E-state index in [1.54, 1.807) is 41.5 Å². The number of primary amides is 1. The van der Waals surface area contributed by atoms with Crippen LogP contribution in [0.25, 0.3) is 0 Å². The van der Waals surface area contributed by atoms with Crippen LogP contribution in [0.3, 0.4) is 0 Å². The molecule has 1 saturated heterocycles. The van der Waals surface area contributed by atoms with Crippen molar-refractivity contribution < 1.29 is 33.5 Å². The Hall–Kier alpha value is -3.18. The highest BCUT2D eigenvalue weighted by molar-refractivity contribution is 6.37. The van der Waals surface area contributed by atoms with Crippen LogP contribution in [0.1, 0.15) is 102 Å². The number of ether oxygens (including phenoxy) is 1. The Bertz CT molecular complexity index is 1210. The summed E-state index contributed by atoms with van der Waals surface area (Å²) in [6.45, 7) is 20.5. The summed E-state index contributed by atoms with van der Waals surface area (Å²) in [5.74, 6) is -3.31. The normalized spacial score (nSPS) is 26.6. The molecule has 0 radical (unpaired) electrons. The van der Waals surface area contributed by atoms with Crippen molar-refractivity contribution in [2.45, 2.75) is 132 Å². The molecule has 0 bridgehead atoms. The molecule has 3 rings (SSSR count). The van der Waals surface area contributed by atoms with Crippen LogP contribution in [0.15, 0.2) is 0 Å². The number of rotatable bonds is 11. The molecule has 254 valence electrons. The van der Waals surface area contributed by atoms with E-state index in [2.05, 4.69) is 22.9 Å². The number of amides is 5. The Morgan fingerprint density at radius 2 is 1.42 bits per heavy atom. The summed E-state index contributed by atoms with van der Waals surface area (Å²) in [6.07, 6.45) is 2.96. The number of nitrogens with two attached hydrogens (primary N) is 1. The van der Waals surface area contributed by atoms with Crippen molar-refractivity contribution >= 4 is 35.5 Å². The summed E-state index contributed by atoms with van der Waals surface area (Å²) in [5.41, 5.74) is 2.92. The summed E-state index contributed by atoms with van der Waals surface area (Å²) < 4.78 is 5.55. The molecule has 5 amide bonds. The van der Waals surface area contributed by atoms with Gasteiger partial charge in [-0.25, -0.2) is 9.59 Å². The number of likely N-dealkylation sites (tertiary alicyclic amines) is 1. The summed E-state index contributed by atoms with van der Waals surface area (Å²) in [7, 11) is 0. The van der Waals surface area contributed by atoms with Crippen LogP contribution in [-0.2, 0) is 28.7 Å². The second-order valence-corrected chi connectivity index (χ2v) is 16.6. The first-order chi connectivity index (χ1) is 20.4. The molecule has 0 aromatic rings. The van der Waals surface area contributed by atoms with Crippen LogP contribution in [0.4, 0.5) is 4.79 Å². The highest BCUT2D eigenvalue weighted by Crippen LogP contribution is 2.67. The Morgan fingerprint density at radius 3 is 1.87 bits per heavy atom. The predicted octanol–water partition coefficient (Wildman–Crippen LogP) is 2.67. The highest BCUT2D eigenvalue weighted by Gasteiger charge is 2.71.